The van der Waals surface area contributed by atoms with E-state index in [-0.39, 0.29) is 0 Å². The van der Waals surface area contributed by atoms with Gasteiger partial charge in [-0.15, -0.1) is 5.10 Å². The fraction of sp³-hybridized carbons (Fsp3) is 0.100. The van der Waals surface area contributed by atoms with Gasteiger partial charge in [0.1, 0.15) is 5.75 Å². The van der Waals surface area contributed by atoms with Crippen LogP contribution in [0.1, 0.15) is 0 Å². The van der Waals surface area contributed by atoms with Gasteiger partial charge in [-0.05, 0) is 29.5 Å². The molecule has 4 nitrogen and oxygen atoms in total. The van der Waals surface area contributed by atoms with Crippen molar-refractivity contribution in [2.24, 2.45) is 0 Å². The minimum absolute atomic E-state index is 0.408. The molecule has 0 spiro atoms. The Balaban J connectivity index is 2.23. The molecule has 0 aliphatic rings. The smallest absolute Gasteiger partial charge is 0.322 e. The summed E-state index contributed by atoms with van der Waals surface area (Å²) in [6.07, 6.45) is 5.00. The van der Waals surface area contributed by atoms with Gasteiger partial charge in [-0.25, -0.2) is 0 Å². The summed E-state index contributed by atoms with van der Waals surface area (Å²) in [5, 5.41) is 8.67. The van der Waals surface area contributed by atoms with Crippen molar-refractivity contribution in [1.29, 1.82) is 0 Å². The zero-order valence-corrected chi connectivity index (χ0v) is 10.0. The van der Waals surface area contributed by atoms with Crippen molar-refractivity contribution in [2.75, 3.05) is 5.75 Å². The Hall–Kier alpha value is -1.24. The van der Waals surface area contributed by atoms with Crippen molar-refractivity contribution in [3.8, 4) is 10.6 Å². The zero-order chi connectivity index (χ0) is 11.4. The molecule has 0 aromatic carbocycles. The molecule has 2 rings (SSSR count). The second kappa shape index (κ2) is 5.20. The van der Waals surface area contributed by atoms with Crippen molar-refractivity contribution in [3.63, 3.8) is 0 Å². The maximum Gasteiger partial charge on any atom is 0.322 e. The molecule has 2 aromatic heterocycles. The number of nitrogens with zero attached hydrogens (tertiary/aromatic N) is 3. The molecule has 0 N–H and O–H groups in total. The molecule has 2 aromatic rings. The quantitative estimate of drug-likeness (QED) is 0.615. The Bertz CT molecular complexity index is 472. The molecule has 2 heterocycles. The van der Waals surface area contributed by atoms with Crippen LogP contribution < -0.4 is 0 Å². The van der Waals surface area contributed by atoms with E-state index in [0.29, 0.717) is 10.1 Å². The van der Waals surface area contributed by atoms with Crippen LogP contribution >= 0.6 is 11.3 Å². The molecule has 1 atom stereocenters. The van der Waals surface area contributed by atoms with Gasteiger partial charge in [-0.3, -0.25) is 4.98 Å². The summed E-state index contributed by atoms with van der Waals surface area (Å²) in [5.41, 5.74) is 0.939. The molecule has 1 unspecified atom stereocenters. The van der Waals surface area contributed by atoms with Gasteiger partial charge < -0.3 is 4.55 Å². The molecule has 16 heavy (non-hydrogen) atoms. The lowest BCUT2D eigenvalue weighted by Gasteiger charge is -2.00. The third kappa shape index (κ3) is 2.46. The van der Waals surface area contributed by atoms with Crippen LogP contribution in [0.4, 0.5) is 0 Å². The van der Waals surface area contributed by atoms with Crippen molar-refractivity contribution in [2.45, 2.75) is 4.34 Å². The van der Waals surface area contributed by atoms with E-state index in [1.165, 1.54) is 11.3 Å². The lowest BCUT2D eigenvalue weighted by atomic mass is 10.3. The van der Waals surface area contributed by atoms with Crippen LogP contribution in [0.2, 0.25) is 0 Å². The van der Waals surface area contributed by atoms with Gasteiger partial charge in [0.25, 0.3) is 0 Å². The molecule has 0 bridgehead atoms. The van der Waals surface area contributed by atoms with Crippen LogP contribution in [0.15, 0.2) is 41.5 Å². The largest absolute Gasteiger partial charge is 0.609 e. The van der Waals surface area contributed by atoms with Crippen LogP contribution in [0.3, 0.4) is 0 Å². The normalized spacial score (nSPS) is 12.3. The lowest BCUT2D eigenvalue weighted by molar-refractivity contribution is 0.596. The Morgan fingerprint density at radius 3 is 2.81 bits per heavy atom. The summed E-state index contributed by atoms with van der Waals surface area (Å²) in [5.74, 6) is 0.408. The molecular weight excluding hydrogens is 242 g/mol. The molecule has 0 amide bonds. The Labute approximate surface area is 100 Å². The van der Waals surface area contributed by atoms with Crippen molar-refractivity contribution in [3.05, 3.63) is 37.2 Å². The van der Waals surface area contributed by atoms with E-state index in [1.807, 2.05) is 12.1 Å². The summed E-state index contributed by atoms with van der Waals surface area (Å²) >= 11 is 0.211. The highest BCUT2D eigenvalue weighted by Crippen LogP contribution is 2.25. The molecule has 82 valence electrons. The molecule has 0 fully saturated rings. The second-order valence-electron chi connectivity index (χ2n) is 2.91. The highest BCUT2D eigenvalue weighted by atomic mass is 32.2. The molecule has 6 heteroatoms. The topological polar surface area (TPSA) is 61.7 Å². The number of pyridine rings is 1. The third-order valence-electron chi connectivity index (χ3n) is 1.80. The van der Waals surface area contributed by atoms with E-state index in [1.54, 1.807) is 18.5 Å². The van der Waals surface area contributed by atoms with Crippen molar-refractivity contribution in [1.82, 2.24) is 15.2 Å². The maximum atomic E-state index is 11.6. The first kappa shape index (κ1) is 11.3. The summed E-state index contributed by atoms with van der Waals surface area (Å²) in [4.78, 5) is 3.93. The lowest BCUT2D eigenvalue weighted by Crippen LogP contribution is -2.03. The Morgan fingerprint density at radius 1 is 1.38 bits per heavy atom. The molecule has 0 saturated carbocycles. The number of hydrogen-bond acceptors (Lipinski definition) is 5. The van der Waals surface area contributed by atoms with Crippen LogP contribution in [-0.2, 0) is 11.2 Å². The number of rotatable bonds is 4. The molecule has 0 saturated heterocycles. The van der Waals surface area contributed by atoms with Gasteiger partial charge in [-0.2, -0.15) is 0 Å². The number of aromatic nitrogens is 3. The van der Waals surface area contributed by atoms with Gasteiger partial charge in [0.05, 0.1) is 0 Å². The highest BCUT2D eigenvalue weighted by Gasteiger charge is 2.16. The van der Waals surface area contributed by atoms with Gasteiger partial charge >= 0.3 is 4.34 Å². The van der Waals surface area contributed by atoms with Gasteiger partial charge in [0.2, 0.25) is 0 Å². The molecular formula is C10H9N3OS2. The minimum Gasteiger partial charge on any atom is -0.609 e. The van der Waals surface area contributed by atoms with Crippen LogP contribution in [0.25, 0.3) is 10.6 Å². The zero-order valence-electron chi connectivity index (χ0n) is 8.37. The van der Waals surface area contributed by atoms with Crippen molar-refractivity contribution < 1.29 is 4.55 Å². The van der Waals surface area contributed by atoms with E-state index in [0.717, 1.165) is 10.6 Å². The summed E-state index contributed by atoms with van der Waals surface area (Å²) in [6.45, 7) is 3.55. The summed E-state index contributed by atoms with van der Waals surface area (Å²) in [6, 6.07) is 3.70. The average Bonchev–Trinajstić information content (AvgIpc) is 2.80. The van der Waals surface area contributed by atoms with Gasteiger partial charge in [0, 0.05) is 29.1 Å². The molecule has 0 aliphatic heterocycles. The van der Waals surface area contributed by atoms with Crippen LogP contribution in [-0.4, -0.2) is 25.5 Å². The predicted molar refractivity (Wildman–Crippen MR) is 64.6 cm³/mol. The standard InChI is InChI=1S/C10H9N3OS2/c1-2-7-16(14)10-13-12-9(15-10)8-3-5-11-6-4-8/h2-6H,1,7H2. The molecule has 0 radical (unpaired) electrons. The van der Waals surface area contributed by atoms with Crippen LogP contribution in [0.5, 0.6) is 0 Å². The third-order valence-corrected chi connectivity index (χ3v) is 4.38. The van der Waals surface area contributed by atoms with E-state index in [9.17, 15) is 4.55 Å². The first-order valence-corrected chi connectivity index (χ1v) is 6.68. The summed E-state index contributed by atoms with van der Waals surface area (Å²) in [7, 11) is 0. The molecule has 0 aliphatic carbocycles. The predicted octanol–water partition coefficient (Wildman–Crippen LogP) is 1.89. The van der Waals surface area contributed by atoms with E-state index in [4.69, 9.17) is 0 Å². The van der Waals surface area contributed by atoms with E-state index < -0.39 is 11.2 Å². The van der Waals surface area contributed by atoms with Gasteiger partial charge in [0.15, 0.2) is 5.01 Å². The number of hydrogen-bond donors (Lipinski definition) is 0. The first-order valence-electron chi connectivity index (χ1n) is 4.54. The fourth-order valence-corrected chi connectivity index (χ4v) is 2.98. The Morgan fingerprint density at radius 2 is 2.12 bits per heavy atom. The average molecular weight is 251 g/mol. The Kier molecular flexibility index (Phi) is 3.66. The van der Waals surface area contributed by atoms with Gasteiger partial charge in [-0.1, -0.05) is 11.7 Å². The van der Waals surface area contributed by atoms with Crippen molar-refractivity contribution >= 4 is 22.5 Å². The first-order chi connectivity index (χ1) is 7.81. The minimum atomic E-state index is -1.13. The van der Waals surface area contributed by atoms with E-state index in [2.05, 4.69) is 21.8 Å². The SMILES string of the molecule is C=CC[S+]([O-])c1nnc(-c2ccncc2)s1. The summed E-state index contributed by atoms with van der Waals surface area (Å²) < 4.78 is 12.2. The maximum absolute atomic E-state index is 11.6. The second-order valence-corrected chi connectivity index (χ2v) is 5.56. The van der Waals surface area contributed by atoms with E-state index >= 15 is 0 Å². The highest BCUT2D eigenvalue weighted by molar-refractivity contribution is 7.93. The van der Waals surface area contributed by atoms with Crippen LogP contribution in [0, 0.1) is 0 Å². The fourth-order valence-electron chi connectivity index (χ4n) is 1.09. The monoisotopic (exact) mass is 251 g/mol.